The van der Waals surface area contributed by atoms with Gasteiger partial charge in [0, 0.05) is 6.54 Å². The van der Waals surface area contributed by atoms with Gasteiger partial charge in [0.2, 0.25) is 10.0 Å². The van der Waals surface area contributed by atoms with Crippen molar-refractivity contribution >= 4 is 10.0 Å². The molecule has 1 aromatic heterocycles. The highest BCUT2D eigenvalue weighted by molar-refractivity contribution is 7.89. The zero-order valence-corrected chi connectivity index (χ0v) is 14.0. The largest absolute Gasteiger partial charge is 0.360 e. The van der Waals surface area contributed by atoms with Gasteiger partial charge in [0.05, 0.1) is 0 Å². The molecular formula is C16H22N2O3S. The average molecular weight is 322 g/mol. The van der Waals surface area contributed by atoms with E-state index in [1.54, 1.807) is 13.8 Å². The summed E-state index contributed by atoms with van der Waals surface area (Å²) in [4.78, 5) is 0.144. The second kappa shape index (κ2) is 7.07. The quantitative estimate of drug-likeness (QED) is 0.851. The van der Waals surface area contributed by atoms with E-state index in [9.17, 15) is 8.42 Å². The molecule has 0 spiro atoms. The molecule has 0 saturated carbocycles. The molecule has 0 aliphatic rings. The summed E-state index contributed by atoms with van der Waals surface area (Å²) < 4.78 is 32.0. The van der Waals surface area contributed by atoms with Crippen LogP contribution in [0, 0.1) is 13.8 Å². The van der Waals surface area contributed by atoms with Crippen LogP contribution in [0.15, 0.2) is 33.7 Å². The second-order valence-corrected chi connectivity index (χ2v) is 7.07. The predicted octanol–water partition coefficient (Wildman–Crippen LogP) is 2.76. The van der Waals surface area contributed by atoms with Gasteiger partial charge in [0.25, 0.3) is 0 Å². The van der Waals surface area contributed by atoms with E-state index >= 15 is 0 Å². The molecule has 0 fully saturated rings. The molecule has 2 rings (SSSR count). The van der Waals surface area contributed by atoms with E-state index in [0.717, 1.165) is 18.4 Å². The topological polar surface area (TPSA) is 72.2 Å². The van der Waals surface area contributed by atoms with Gasteiger partial charge in [-0.05, 0) is 37.8 Å². The fraction of sp³-hybridized carbons (Fsp3) is 0.438. The number of hydrogen-bond donors (Lipinski definition) is 1. The van der Waals surface area contributed by atoms with Crippen molar-refractivity contribution in [3.63, 3.8) is 0 Å². The van der Waals surface area contributed by atoms with Crippen LogP contribution < -0.4 is 4.72 Å². The summed E-state index contributed by atoms with van der Waals surface area (Å²) in [5, 5.41) is 3.68. The summed E-state index contributed by atoms with van der Waals surface area (Å²) in [7, 11) is -3.57. The van der Waals surface area contributed by atoms with Gasteiger partial charge in [-0.25, -0.2) is 13.1 Å². The van der Waals surface area contributed by atoms with Crippen molar-refractivity contribution in [2.24, 2.45) is 0 Å². The predicted molar refractivity (Wildman–Crippen MR) is 85.3 cm³/mol. The van der Waals surface area contributed by atoms with Gasteiger partial charge in [0.15, 0.2) is 5.76 Å². The fourth-order valence-corrected chi connectivity index (χ4v) is 3.78. The maximum absolute atomic E-state index is 12.3. The molecule has 2 aromatic rings. The number of aromatic nitrogens is 1. The zero-order chi connectivity index (χ0) is 16.2. The van der Waals surface area contributed by atoms with Crippen molar-refractivity contribution in [2.45, 2.75) is 44.9 Å². The van der Waals surface area contributed by atoms with Crippen molar-refractivity contribution in [1.82, 2.24) is 9.88 Å². The Morgan fingerprint density at radius 3 is 2.18 bits per heavy atom. The van der Waals surface area contributed by atoms with Gasteiger partial charge < -0.3 is 4.52 Å². The van der Waals surface area contributed by atoms with Crippen LogP contribution in [-0.2, 0) is 22.9 Å². The van der Waals surface area contributed by atoms with Gasteiger partial charge in [-0.1, -0.05) is 42.8 Å². The average Bonchev–Trinajstić information content (AvgIpc) is 2.81. The van der Waals surface area contributed by atoms with Crippen LogP contribution in [0.25, 0.3) is 0 Å². The minimum atomic E-state index is -3.57. The second-order valence-electron chi connectivity index (χ2n) is 5.37. The van der Waals surface area contributed by atoms with E-state index in [1.807, 2.05) is 0 Å². The molecule has 1 aromatic carbocycles. The Bertz CT molecular complexity index is 699. The summed E-state index contributed by atoms with van der Waals surface area (Å²) in [6.45, 7) is 5.72. The molecular weight excluding hydrogens is 300 g/mol. The number of sulfonamides is 1. The first-order chi connectivity index (χ1) is 10.4. The Morgan fingerprint density at radius 2 is 1.68 bits per heavy atom. The van der Waals surface area contributed by atoms with Crippen molar-refractivity contribution in [2.75, 3.05) is 6.54 Å². The van der Waals surface area contributed by atoms with Gasteiger partial charge in [-0.2, -0.15) is 0 Å². The number of benzene rings is 1. The van der Waals surface area contributed by atoms with Gasteiger partial charge >= 0.3 is 0 Å². The Labute approximate surface area is 131 Å². The van der Waals surface area contributed by atoms with Crippen molar-refractivity contribution in [3.8, 4) is 0 Å². The third-order valence-electron chi connectivity index (χ3n) is 3.50. The molecule has 0 amide bonds. The molecule has 22 heavy (non-hydrogen) atoms. The summed E-state index contributed by atoms with van der Waals surface area (Å²) in [6.07, 6.45) is 2.84. The number of hydrogen-bond acceptors (Lipinski definition) is 4. The molecule has 1 heterocycles. The van der Waals surface area contributed by atoms with Crippen LogP contribution in [0.3, 0.4) is 0 Å². The van der Waals surface area contributed by atoms with Crippen molar-refractivity contribution in [1.29, 1.82) is 0 Å². The Kier molecular flexibility index (Phi) is 5.37. The Morgan fingerprint density at radius 1 is 1.09 bits per heavy atom. The van der Waals surface area contributed by atoms with Crippen LogP contribution in [0.2, 0.25) is 0 Å². The summed E-state index contributed by atoms with van der Waals surface area (Å²) >= 11 is 0. The normalized spacial score (nSPS) is 11.8. The van der Waals surface area contributed by atoms with Crippen LogP contribution in [-0.4, -0.2) is 20.1 Å². The molecule has 6 heteroatoms. The Balaban J connectivity index is 1.95. The minimum Gasteiger partial charge on any atom is -0.360 e. The van der Waals surface area contributed by atoms with E-state index in [1.165, 1.54) is 5.56 Å². The van der Waals surface area contributed by atoms with Crippen molar-refractivity contribution < 1.29 is 12.9 Å². The maximum Gasteiger partial charge on any atom is 0.245 e. The first-order valence-corrected chi connectivity index (χ1v) is 8.92. The summed E-state index contributed by atoms with van der Waals surface area (Å²) in [5.41, 5.74) is 2.80. The highest BCUT2D eigenvalue weighted by Gasteiger charge is 2.23. The molecule has 0 radical (unpaired) electrons. The number of nitrogens with one attached hydrogen (secondary N) is 1. The van der Waals surface area contributed by atoms with Gasteiger partial charge in [-0.15, -0.1) is 0 Å². The number of aryl methyl sites for hydroxylation is 3. The molecule has 1 N–H and O–H groups in total. The standard InChI is InChI=1S/C16H22N2O3S/c1-4-5-14-6-8-15(9-7-14)10-11-17-22(19,20)16-12(2)18-21-13(16)3/h6-9,17H,4-5,10-11H2,1-3H3. The third-order valence-corrected chi connectivity index (χ3v) is 5.21. The molecule has 0 atom stereocenters. The van der Waals surface area contributed by atoms with Crippen LogP contribution in [0.1, 0.15) is 35.9 Å². The van der Waals surface area contributed by atoms with E-state index in [0.29, 0.717) is 24.4 Å². The zero-order valence-electron chi connectivity index (χ0n) is 13.2. The SMILES string of the molecule is CCCc1ccc(CCNS(=O)(=O)c2c(C)noc2C)cc1. The molecule has 0 aliphatic heterocycles. The summed E-state index contributed by atoms with van der Waals surface area (Å²) in [6, 6.07) is 8.30. The van der Waals surface area contributed by atoms with E-state index in [4.69, 9.17) is 4.52 Å². The first kappa shape index (κ1) is 16.7. The molecule has 0 saturated heterocycles. The lowest BCUT2D eigenvalue weighted by atomic mass is 10.1. The monoisotopic (exact) mass is 322 g/mol. The Hall–Kier alpha value is -1.66. The highest BCUT2D eigenvalue weighted by Crippen LogP contribution is 2.18. The van der Waals surface area contributed by atoms with E-state index < -0.39 is 10.0 Å². The van der Waals surface area contributed by atoms with E-state index in [2.05, 4.69) is 41.1 Å². The van der Waals surface area contributed by atoms with Crippen LogP contribution in [0.5, 0.6) is 0 Å². The van der Waals surface area contributed by atoms with Crippen LogP contribution in [0.4, 0.5) is 0 Å². The van der Waals surface area contributed by atoms with Crippen LogP contribution >= 0.6 is 0 Å². The number of rotatable bonds is 7. The molecule has 120 valence electrons. The molecule has 5 nitrogen and oxygen atoms in total. The molecule has 0 unspecified atom stereocenters. The lowest BCUT2D eigenvalue weighted by Crippen LogP contribution is -2.26. The fourth-order valence-electron chi connectivity index (χ4n) is 2.42. The lowest BCUT2D eigenvalue weighted by Gasteiger charge is -2.07. The van der Waals surface area contributed by atoms with Gasteiger partial charge in [-0.3, -0.25) is 0 Å². The third kappa shape index (κ3) is 3.96. The first-order valence-electron chi connectivity index (χ1n) is 7.44. The highest BCUT2D eigenvalue weighted by atomic mass is 32.2. The summed E-state index contributed by atoms with van der Waals surface area (Å²) in [5.74, 6) is 0.314. The number of nitrogens with zero attached hydrogens (tertiary/aromatic N) is 1. The maximum atomic E-state index is 12.3. The van der Waals surface area contributed by atoms with Gasteiger partial charge in [0.1, 0.15) is 10.6 Å². The molecule has 0 aliphatic carbocycles. The minimum absolute atomic E-state index is 0.144. The molecule has 0 bridgehead atoms. The van der Waals surface area contributed by atoms with Crippen molar-refractivity contribution in [3.05, 3.63) is 46.8 Å². The lowest BCUT2D eigenvalue weighted by molar-refractivity contribution is 0.390. The smallest absolute Gasteiger partial charge is 0.245 e. The van der Waals surface area contributed by atoms with E-state index in [-0.39, 0.29) is 4.90 Å².